The second-order valence-electron chi connectivity index (χ2n) is 7.56. The number of nitrogens with zero attached hydrogens (tertiary/aromatic N) is 1. The van der Waals surface area contributed by atoms with E-state index >= 15 is 0 Å². The maximum absolute atomic E-state index is 13.9. The predicted octanol–water partition coefficient (Wildman–Crippen LogP) is 4.07. The van der Waals surface area contributed by atoms with Crippen molar-refractivity contribution < 1.29 is 36.6 Å². The number of methoxy groups -OCH3 is 1. The quantitative estimate of drug-likeness (QED) is 0.618. The first kappa shape index (κ1) is 24.7. The van der Waals surface area contributed by atoms with Gasteiger partial charge in [0, 0.05) is 30.4 Å². The van der Waals surface area contributed by atoms with E-state index in [1.54, 1.807) is 0 Å². The molecule has 1 aromatic carbocycles. The first-order valence-corrected chi connectivity index (χ1v) is 10.0. The van der Waals surface area contributed by atoms with E-state index in [0.717, 1.165) is 13.0 Å². The van der Waals surface area contributed by atoms with Crippen molar-refractivity contribution in [3.05, 3.63) is 52.6 Å². The molecule has 12 heteroatoms. The number of hydrogen-bond acceptors (Lipinski definition) is 5. The van der Waals surface area contributed by atoms with E-state index < -0.39 is 52.9 Å². The van der Waals surface area contributed by atoms with E-state index in [1.807, 2.05) is 0 Å². The van der Waals surface area contributed by atoms with Gasteiger partial charge in [-0.2, -0.15) is 13.2 Å². The largest absolute Gasteiger partial charge is 0.495 e. The topological polar surface area (TPSA) is 89.6 Å². The summed E-state index contributed by atoms with van der Waals surface area (Å²) in [5, 5.41) is 4.41. The van der Waals surface area contributed by atoms with Crippen LogP contribution in [0.1, 0.15) is 35.3 Å². The molecule has 1 aliphatic rings. The molecule has 0 aliphatic carbocycles. The van der Waals surface area contributed by atoms with Crippen molar-refractivity contribution in [1.82, 2.24) is 10.3 Å². The van der Waals surface area contributed by atoms with Gasteiger partial charge in [-0.05, 0) is 31.5 Å². The Labute approximate surface area is 191 Å². The van der Waals surface area contributed by atoms with Gasteiger partial charge in [0.25, 0.3) is 11.8 Å². The van der Waals surface area contributed by atoms with Crippen molar-refractivity contribution in [3.8, 4) is 5.75 Å². The minimum atomic E-state index is -4.79. The molecule has 1 aliphatic heterocycles. The van der Waals surface area contributed by atoms with Gasteiger partial charge < -0.3 is 20.1 Å². The zero-order valence-electron chi connectivity index (χ0n) is 17.7. The first-order valence-electron chi connectivity index (χ1n) is 9.67. The smallest absolute Gasteiger partial charge is 0.417 e. The molecule has 178 valence electrons. The van der Waals surface area contributed by atoms with Gasteiger partial charge in [0.2, 0.25) is 0 Å². The summed E-state index contributed by atoms with van der Waals surface area (Å²) in [6, 6.07) is 4.83. The second-order valence-corrected chi connectivity index (χ2v) is 7.94. The highest BCUT2D eigenvalue weighted by Gasteiger charge is 2.61. The van der Waals surface area contributed by atoms with Crippen LogP contribution in [0.2, 0.25) is 5.02 Å². The molecule has 0 unspecified atom stereocenters. The van der Waals surface area contributed by atoms with Crippen LogP contribution in [0.5, 0.6) is 5.75 Å². The molecule has 0 radical (unpaired) electrons. The fraction of sp³-hybridized carbons (Fsp3) is 0.381. The first-order chi connectivity index (χ1) is 15.4. The SMILES string of the molecule is CNC(=O)c1cc(NC(=O)[C@@H]2O[C@@](C)(C(F)(F)F)C[C@@H]2c2ccc(F)c(Cl)c2OC)ccn1. The molecular formula is C21H20ClF4N3O4. The van der Waals surface area contributed by atoms with E-state index in [-0.39, 0.29) is 22.7 Å². The average molecular weight is 490 g/mol. The van der Waals surface area contributed by atoms with Gasteiger partial charge >= 0.3 is 6.18 Å². The predicted molar refractivity (Wildman–Crippen MR) is 111 cm³/mol. The summed E-state index contributed by atoms with van der Waals surface area (Å²) in [7, 11) is 2.58. The summed E-state index contributed by atoms with van der Waals surface area (Å²) in [6.07, 6.45) is -5.79. The van der Waals surface area contributed by atoms with Crippen LogP contribution >= 0.6 is 11.6 Å². The van der Waals surface area contributed by atoms with Gasteiger partial charge in [-0.15, -0.1) is 0 Å². The van der Waals surface area contributed by atoms with Gasteiger partial charge in [-0.25, -0.2) is 4.39 Å². The van der Waals surface area contributed by atoms with Crippen LogP contribution in [0.3, 0.4) is 0 Å². The summed E-state index contributed by atoms with van der Waals surface area (Å²) in [4.78, 5) is 28.7. The van der Waals surface area contributed by atoms with Crippen molar-refractivity contribution in [2.75, 3.05) is 19.5 Å². The highest BCUT2D eigenvalue weighted by molar-refractivity contribution is 6.32. The summed E-state index contributed by atoms with van der Waals surface area (Å²) < 4.78 is 65.6. The van der Waals surface area contributed by atoms with Gasteiger partial charge in [0.05, 0.1) is 7.11 Å². The number of pyridine rings is 1. The molecule has 2 amide bonds. The number of halogens is 5. The molecule has 3 rings (SSSR count). The number of ether oxygens (including phenoxy) is 2. The number of alkyl halides is 3. The molecule has 2 aromatic rings. The summed E-state index contributed by atoms with van der Waals surface area (Å²) in [6.45, 7) is 0.834. The Morgan fingerprint density at radius 2 is 2.00 bits per heavy atom. The molecule has 2 N–H and O–H groups in total. The normalized spacial score (nSPS) is 22.7. The number of aromatic nitrogens is 1. The maximum Gasteiger partial charge on any atom is 0.417 e. The lowest BCUT2D eigenvalue weighted by Crippen LogP contribution is -2.43. The van der Waals surface area contributed by atoms with Gasteiger partial charge in [0.1, 0.15) is 28.4 Å². The summed E-state index contributed by atoms with van der Waals surface area (Å²) in [5.41, 5.74) is -2.44. The van der Waals surface area contributed by atoms with E-state index in [0.29, 0.717) is 0 Å². The molecule has 1 fully saturated rings. The molecule has 1 saturated heterocycles. The Balaban J connectivity index is 2.00. The number of carbonyl (C=O) groups excluding carboxylic acids is 2. The lowest BCUT2D eigenvalue weighted by Gasteiger charge is -2.27. The minimum absolute atomic E-state index is 0.00805. The van der Waals surface area contributed by atoms with Crippen molar-refractivity contribution in [2.24, 2.45) is 0 Å². The number of benzene rings is 1. The standard InChI is InChI=1S/C21H20ClF4N3O4/c1-20(21(24,25)26)9-12(11-4-5-13(23)15(22)16(11)32-3)17(33-20)19(31)29-10-6-7-28-14(8-10)18(30)27-2/h4-8,12,17H,9H2,1-3H3,(H,27,30)(H,28,29,31)/t12-,17-,20-/m1/s1. The van der Waals surface area contributed by atoms with E-state index in [4.69, 9.17) is 21.1 Å². The molecule has 0 spiro atoms. The van der Waals surface area contributed by atoms with Gasteiger partial charge in [0.15, 0.2) is 5.60 Å². The maximum atomic E-state index is 13.9. The molecule has 1 aromatic heterocycles. The Morgan fingerprint density at radius 1 is 1.30 bits per heavy atom. The Morgan fingerprint density at radius 3 is 2.61 bits per heavy atom. The summed E-state index contributed by atoms with van der Waals surface area (Å²) in [5.74, 6) is -3.58. The van der Waals surface area contributed by atoms with E-state index in [2.05, 4.69) is 15.6 Å². The Bertz CT molecular complexity index is 1080. The third kappa shape index (κ3) is 4.74. The fourth-order valence-electron chi connectivity index (χ4n) is 3.65. The molecular weight excluding hydrogens is 470 g/mol. The number of amides is 2. The third-order valence-corrected chi connectivity index (χ3v) is 5.74. The monoisotopic (exact) mass is 489 g/mol. The molecule has 0 bridgehead atoms. The molecule has 33 heavy (non-hydrogen) atoms. The lowest BCUT2D eigenvalue weighted by atomic mass is 9.86. The number of anilines is 1. The Hall–Kier alpha value is -2.92. The third-order valence-electron chi connectivity index (χ3n) is 5.39. The molecule has 0 saturated carbocycles. The average Bonchev–Trinajstić information content (AvgIpc) is 3.14. The van der Waals surface area contributed by atoms with Crippen LogP contribution in [-0.2, 0) is 9.53 Å². The van der Waals surface area contributed by atoms with Crippen molar-refractivity contribution >= 4 is 29.1 Å². The zero-order valence-corrected chi connectivity index (χ0v) is 18.5. The number of rotatable bonds is 5. The Kier molecular flexibility index (Phi) is 6.85. The fourth-order valence-corrected chi connectivity index (χ4v) is 3.90. The number of nitrogens with one attached hydrogen (secondary N) is 2. The van der Waals surface area contributed by atoms with Crippen LogP contribution in [-0.4, -0.2) is 48.8 Å². The van der Waals surface area contributed by atoms with Crippen LogP contribution in [0.25, 0.3) is 0 Å². The van der Waals surface area contributed by atoms with E-state index in [1.165, 1.54) is 38.6 Å². The van der Waals surface area contributed by atoms with Crippen LogP contribution in [0, 0.1) is 5.82 Å². The number of hydrogen-bond donors (Lipinski definition) is 2. The van der Waals surface area contributed by atoms with Crippen molar-refractivity contribution in [2.45, 2.75) is 37.1 Å². The van der Waals surface area contributed by atoms with Crippen molar-refractivity contribution in [3.63, 3.8) is 0 Å². The summed E-state index contributed by atoms with van der Waals surface area (Å²) >= 11 is 5.95. The van der Waals surface area contributed by atoms with Gasteiger partial charge in [-0.3, -0.25) is 14.6 Å². The molecule has 7 nitrogen and oxygen atoms in total. The highest BCUT2D eigenvalue weighted by Crippen LogP contribution is 2.52. The second kappa shape index (κ2) is 9.14. The van der Waals surface area contributed by atoms with Crippen LogP contribution in [0.4, 0.5) is 23.2 Å². The zero-order chi connectivity index (χ0) is 24.6. The lowest BCUT2D eigenvalue weighted by molar-refractivity contribution is -0.261. The van der Waals surface area contributed by atoms with Crippen molar-refractivity contribution in [1.29, 1.82) is 0 Å². The van der Waals surface area contributed by atoms with E-state index in [9.17, 15) is 27.2 Å². The molecule has 2 heterocycles. The highest BCUT2D eigenvalue weighted by atomic mass is 35.5. The van der Waals surface area contributed by atoms with Crippen LogP contribution < -0.4 is 15.4 Å². The van der Waals surface area contributed by atoms with Gasteiger partial charge in [-0.1, -0.05) is 17.7 Å². The minimum Gasteiger partial charge on any atom is -0.495 e. The van der Waals surface area contributed by atoms with Crippen LogP contribution in [0.15, 0.2) is 30.5 Å². The number of carbonyl (C=O) groups is 2. The molecule has 3 atom stereocenters.